The van der Waals surface area contributed by atoms with Crippen molar-refractivity contribution >= 4 is 56.4 Å². The van der Waals surface area contributed by atoms with E-state index in [0.717, 1.165) is 42.3 Å². The third-order valence-electron chi connectivity index (χ3n) is 7.30. The Balaban J connectivity index is 1.32. The lowest BCUT2D eigenvalue weighted by molar-refractivity contribution is 0.221. The summed E-state index contributed by atoms with van der Waals surface area (Å²) in [6.07, 6.45) is 5.40. The molecule has 0 saturated carbocycles. The first kappa shape index (κ1) is 28.3. The number of urea groups is 1. The summed E-state index contributed by atoms with van der Waals surface area (Å²) in [5.74, 6) is 0.743. The Kier molecular flexibility index (Phi) is 8.01. The molecule has 2 amide bonds. The van der Waals surface area contributed by atoms with E-state index in [9.17, 15) is 13.2 Å². The van der Waals surface area contributed by atoms with Crippen LogP contribution in [0, 0.1) is 0 Å². The third kappa shape index (κ3) is 6.48. The molecule has 220 valence electrons. The predicted molar refractivity (Wildman–Crippen MR) is 167 cm³/mol. The van der Waals surface area contributed by atoms with E-state index >= 15 is 0 Å². The van der Waals surface area contributed by atoms with Gasteiger partial charge < -0.3 is 10.2 Å². The van der Waals surface area contributed by atoms with Gasteiger partial charge in [-0.3, -0.25) is 10.7 Å². The Labute approximate surface area is 248 Å². The molecule has 4 N–H and O–H groups in total. The Hall–Kier alpha value is -4.85. The topological polar surface area (TPSA) is 146 Å². The fourth-order valence-corrected chi connectivity index (χ4v) is 5.89. The Bertz CT molecular complexity index is 1900. The number of hydrogen-bond acceptors (Lipinski definition) is 8. The second-order valence-electron chi connectivity index (χ2n) is 10.3. The summed E-state index contributed by atoms with van der Waals surface area (Å²) in [6.45, 7) is 1.82. The molecule has 0 unspecified atom stereocenters. The highest BCUT2D eigenvalue weighted by molar-refractivity contribution is 7.89. The molecule has 3 aromatic carbocycles. The molecule has 0 radical (unpaired) electrons. The van der Waals surface area contributed by atoms with Gasteiger partial charge >= 0.3 is 6.03 Å². The quantitative estimate of drug-likeness (QED) is 0.197. The monoisotopic (exact) mass is 597 g/mol. The summed E-state index contributed by atoms with van der Waals surface area (Å²) < 4.78 is 27.2. The van der Waals surface area contributed by atoms with Gasteiger partial charge in [0.05, 0.1) is 4.90 Å². The number of benzene rings is 3. The molecule has 0 atom stereocenters. The molecule has 6 rings (SSSR count). The highest BCUT2D eigenvalue weighted by Crippen LogP contribution is 2.22. The summed E-state index contributed by atoms with van der Waals surface area (Å²) in [6, 6.07) is 23.3. The summed E-state index contributed by atoms with van der Waals surface area (Å²) in [7, 11) is -1.80. The molecule has 1 fully saturated rings. The second kappa shape index (κ2) is 12.2. The molecule has 0 bridgehead atoms. The van der Waals surface area contributed by atoms with E-state index < -0.39 is 10.0 Å². The number of hydrazine groups is 1. The van der Waals surface area contributed by atoms with Crippen molar-refractivity contribution in [2.45, 2.75) is 23.8 Å². The van der Waals surface area contributed by atoms with Gasteiger partial charge in [-0.15, -0.1) is 15.0 Å². The van der Waals surface area contributed by atoms with Crippen LogP contribution in [0.1, 0.15) is 24.2 Å². The largest absolute Gasteiger partial charge is 0.335 e. The number of hydrogen-bond donors (Lipinski definition) is 4. The first-order valence-corrected chi connectivity index (χ1v) is 15.3. The van der Waals surface area contributed by atoms with Crippen LogP contribution in [-0.4, -0.2) is 65.1 Å². The minimum atomic E-state index is -3.86. The van der Waals surface area contributed by atoms with Gasteiger partial charge in [0.2, 0.25) is 5.95 Å². The molecule has 43 heavy (non-hydrogen) atoms. The van der Waals surface area contributed by atoms with Crippen LogP contribution >= 0.6 is 0 Å². The third-order valence-corrected chi connectivity index (χ3v) is 8.56. The van der Waals surface area contributed by atoms with Crippen molar-refractivity contribution in [2.24, 2.45) is 0 Å². The molecular weight excluding hydrogens is 566 g/mol. The number of fused-ring (bicyclic) bond motifs is 2. The maximum atomic E-state index is 12.9. The van der Waals surface area contributed by atoms with Crippen molar-refractivity contribution in [3.63, 3.8) is 0 Å². The number of anilines is 2. The van der Waals surface area contributed by atoms with Crippen LogP contribution in [0.4, 0.5) is 16.6 Å². The molecule has 1 aliphatic rings. The van der Waals surface area contributed by atoms with E-state index in [1.165, 1.54) is 18.2 Å². The van der Waals surface area contributed by atoms with Crippen LogP contribution in [0.25, 0.3) is 28.6 Å². The zero-order valence-corrected chi connectivity index (χ0v) is 24.3. The molecule has 12 nitrogen and oxygen atoms in total. The molecule has 0 aliphatic carbocycles. The molecule has 1 aliphatic heterocycles. The number of piperidine rings is 1. The standard InChI is InChI=1S/C30H31N9O3S/c1-38-18-16-23(17-19-38)31-30(40)33-29-36-35-28-20-26(34-37-43(41,42)24-11-3-2-4-12-24)32-27(39(28)29)15-14-22-10-7-9-21-8-5-6-13-25(21)22/h2-15,20,23,34,37H,16-19H2,1H3,(H2,31,33,36,40)/b15-14+. The number of amides is 2. The number of rotatable bonds is 8. The smallest absolute Gasteiger partial charge is 0.321 e. The average molecular weight is 598 g/mol. The highest BCUT2D eigenvalue weighted by atomic mass is 32.2. The number of carbonyl (C=O) groups excluding carboxylic acids is 1. The first-order chi connectivity index (χ1) is 20.9. The van der Waals surface area contributed by atoms with Crippen molar-refractivity contribution in [1.82, 2.24) is 34.6 Å². The summed E-state index contributed by atoms with van der Waals surface area (Å²) >= 11 is 0. The van der Waals surface area contributed by atoms with E-state index in [4.69, 9.17) is 0 Å². The first-order valence-electron chi connectivity index (χ1n) is 13.9. The Morgan fingerprint density at radius 2 is 1.67 bits per heavy atom. The van der Waals surface area contributed by atoms with Crippen LogP contribution in [0.15, 0.2) is 83.8 Å². The lowest BCUT2D eigenvalue weighted by Gasteiger charge is -2.29. The Morgan fingerprint density at radius 3 is 2.49 bits per heavy atom. The van der Waals surface area contributed by atoms with Gasteiger partial charge in [-0.05, 0) is 67.5 Å². The summed E-state index contributed by atoms with van der Waals surface area (Å²) in [4.78, 5) is 22.2. The average Bonchev–Trinajstić information content (AvgIpc) is 3.42. The van der Waals surface area contributed by atoms with Gasteiger partial charge in [0.25, 0.3) is 10.0 Å². The zero-order valence-electron chi connectivity index (χ0n) is 23.4. The molecule has 5 aromatic rings. The lowest BCUT2D eigenvalue weighted by Crippen LogP contribution is -2.45. The van der Waals surface area contributed by atoms with Crippen LogP contribution in [-0.2, 0) is 10.0 Å². The van der Waals surface area contributed by atoms with Crippen LogP contribution in [0.5, 0.6) is 0 Å². The van der Waals surface area contributed by atoms with Crippen molar-refractivity contribution in [3.8, 4) is 0 Å². The highest BCUT2D eigenvalue weighted by Gasteiger charge is 2.21. The van der Waals surface area contributed by atoms with Gasteiger partial charge in [0, 0.05) is 12.1 Å². The van der Waals surface area contributed by atoms with E-state index in [1.807, 2.05) is 48.5 Å². The SMILES string of the molecule is CN1CCC(NC(=O)Nc2nnc3cc(NNS(=O)(=O)c4ccccc4)nc(/C=C/c4cccc5ccccc45)n23)CC1. The molecule has 1 saturated heterocycles. The van der Waals surface area contributed by atoms with Gasteiger partial charge in [-0.1, -0.05) is 66.7 Å². The van der Waals surface area contributed by atoms with Crippen LogP contribution in [0.2, 0.25) is 0 Å². The number of nitrogens with one attached hydrogen (secondary N) is 4. The maximum Gasteiger partial charge on any atom is 0.321 e. The van der Waals surface area contributed by atoms with Crippen molar-refractivity contribution in [3.05, 3.63) is 90.3 Å². The fraction of sp³-hybridized carbons (Fsp3) is 0.200. The van der Waals surface area contributed by atoms with E-state index in [-0.39, 0.29) is 28.7 Å². The van der Waals surface area contributed by atoms with Crippen molar-refractivity contribution in [1.29, 1.82) is 0 Å². The molecule has 13 heteroatoms. The number of aromatic nitrogens is 4. The number of likely N-dealkylation sites (tertiary alicyclic amines) is 1. The molecule has 3 heterocycles. The lowest BCUT2D eigenvalue weighted by atomic mass is 10.0. The Morgan fingerprint density at radius 1 is 0.930 bits per heavy atom. The number of nitrogens with zero attached hydrogens (tertiary/aromatic N) is 5. The number of carbonyl (C=O) groups is 1. The summed E-state index contributed by atoms with van der Waals surface area (Å²) in [5.41, 5.74) is 3.99. The normalized spacial score (nSPS) is 14.8. The minimum Gasteiger partial charge on any atom is -0.335 e. The molecule has 2 aromatic heterocycles. The van der Waals surface area contributed by atoms with E-state index in [0.29, 0.717) is 11.5 Å². The summed E-state index contributed by atoms with van der Waals surface area (Å²) in [5, 5.41) is 16.4. The van der Waals surface area contributed by atoms with Crippen LogP contribution in [0.3, 0.4) is 0 Å². The van der Waals surface area contributed by atoms with E-state index in [1.54, 1.807) is 28.7 Å². The van der Waals surface area contributed by atoms with Crippen LogP contribution < -0.4 is 20.9 Å². The van der Waals surface area contributed by atoms with Crippen molar-refractivity contribution in [2.75, 3.05) is 30.9 Å². The number of sulfonamides is 1. The second-order valence-corrected chi connectivity index (χ2v) is 12.0. The maximum absolute atomic E-state index is 12.9. The van der Waals surface area contributed by atoms with Gasteiger partial charge in [0.15, 0.2) is 5.65 Å². The van der Waals surface area contributed by atoms with Gasteiger partial charge in [-0.2, -0.15) is 0 Å². The van der Waals surface area contributed by atoms with Crippen molar-refractivity contribution < 1.29 is 13.2 Å². The fourth-order valence-electron chi connectivity index (χ4n) is 5.01. The van der Waals surface area contributed by atoms with Gasteiger partial charge in [-0.25, -0.2) is 22.6 Å². The van der Waals surface area contributed by atoms with Gasteiger partial charge in [0.1, 0.15) is 11.6 Å². The van der Waals surface area contributed by atoms with E-state index in [2.05, 4.69) is 48.0 Å². The predicted octanol–water partition coefficient (Wildman–Crippen LogP) is 3.97. The minimum absolute atomic E-state index is 0.0627. The molecular formula is C30H31N9O3S. The zero-order chi connectivity index (χ0) is 29.8. The molecule has 0 spiro atoms.